The second-order valence-corrected chi connectivity index (χ2v) is 6.78. The number of benzene rings is 2. The molecule has 0 unspecified atom stereocenters. The summed E-state index contributed by atoms with van der Waals surface area (Å²) in [4.78, 5) is 12.6. The van der Waals surface area contributed by atoms with Crippen LogP contribution in [0.15, 0.2) is 42.5 Å². The molecule has 0 atom stereocenters. The van der Waals surface area contributed by atoms with Crippen LogP contribution in [0.1, 0.15) is 22.5 Å². The van der Waals surface area contributed by atoms with Crippen LogP contribution in [0.4, 0.5) is 16.2 Å². The maximum Gasteiger partial charge on any atom is 0.323 e. The number of hydrogen-bond acceptors (Lipinski definition) is 4. The van der Waals surface area contributed by atoms with Gasteiger partial charge in [0.15, 0.2) is 0 Å². The molecular formula is C22H26N4O3. The lowest BCUT2D eigenvalue weighted by Gasteiger charge is -2.13. The Balaban J connectivity index is 1.78. The molecule has 0 fully saturated rings. The molecule has 0 bridgehead atoms. The quantitative estimate of drug-likeness (QED) is 0.644. The van der Waals surface area contributed by atoms with Crippen molar-refractivity contribution in [2.24, 2.45) is 0 Å². The molecule has 1 heterocycles. The minimum atomic E-state index is -0.377. The Labute approximate surface area is 170 Å². The van der Waals surface area contributed by atoms with E-state index in [1.807, 2.05) is 30.7 Å². The van der Waals surface area contributed by atoms with Crippen LogP contribution in [-0.2, 0) is 6.54 Å². The molecule has 1 aromatic heterocycles. The summed E-state index contributed by atoms with van der Waals surface area (Å²) in [6.45, 7) is 6.55. The highest BCUT2D eigenvalue weighted by Gasteiger charge is 2.16. The molecule has 2 amide bonds. The fraction of sp³-hybridized carbons (Fsp3) is 0.273. The van der Waals surface area contributed by atoms with Gasteiger partial charge in [0.25, 0.3) is 0 Å². The van der Waals surface area contributed by atoms with Gasteiger partial charge in [0.1, 0.15) is 11.5 Å². The normalized spacial score (nSPS) is 10.5. The average Bonchev–Trinajstić information content (AvgIpc) is 2.97. The van der Waals surface area contributed by atoms with Crippen LogP contribution >= 0.6 is 0 Å². The van der Waals surface area contributed by atoms with Crippen LogP contribution in [0.2, 0.25) is 0 Å². The van der Waals surface area contributed by atoms with Crippen molar-refractivity contribution in [3.63, 3.8) is 0 Å². The van der Waals surface area contributed by atoms with Gasteiger partial charge in [-0.1, -0.05) is 24.3 Å². The lowest BCUT2D eigenvalue weighted by molar-refractivity contribution is 0.262. The van der Waals surface area contributed by atoms with Gasteiger partial charge in [-0.3, -0.25) is 4.68 Å². The molecule has 0 saturated heterocycles. The topological polar surface area (TPSA) is 77.4 Å². The summed E-state index contributed by atoms with van der Waals surface area (Å²) in [6, 6.07) is 13.0. The van der Waals surface area contributed by atoms with Crippen LogP contribution in [0.3, 0.4) is 0 Å². The number of aryl methyl sites for hydroxylation is 2. The number of nitrogens with zero attached hydrogens (tertiary/aromatic N) is 2. The number of anilines is 2. The number of nitrogens with one attached hydrogen (secondary N) is 2. The third-order valence-electron chi connectivity index (χ3n) is 4.86. The van der Waals surface area contributed by atoms with E-state index in [1.54, 1.807) is 32.4 Å². The third kappa shape index (κ3) is 4.51. The second kappa shape index (κ2) is 8.68. The highest BCUT2D eigenvalue weighted by Crippen LogP contribution is 2.29. The summed E-state index contributed by atoms with van der Waals surface area (Å²) in [5.41, 5.74) is 5.25. The Kier molecular flexibility index (Phi) is 6.07. The molecule has 3 aromatic rings. The van der Waals surface area contributed by atoms with E-state index in [0.717, 1.165) is 11.4 Å². The molecule has 0 saturated carbocycles. The van der Waals surface area contributed by atoms with E-state index in [2.05, 4.69) is 34.8 Å². The molecule has 2 aromatic carbocycles. The van der Waals surface area contributed by atoms with Gasteiger partial charge in [-0.15, -0.1) is 0 Å². The molecule has 152 valence electrons. The van der Waals surface area contributed by atoms with Crippen LogP contribution in [0.5, 0.6) is 11.5 Å². The number of amides is 2. The van der Waals surface area contributed by atoms with Crippen molar-refractivity contribution < 1.29 is 14.3 Å². The van der Waals surface area contributed by atoms with Crippen molar-refractivity contribution in [2.45, 2.75) is 27.3 Å². The maximum atomic E-state index is 12.6. The zero-order valence-corrected chi connectivity index (χ0v) is 17.4. The second-order valence-electron chi connectivity index (χ2n) is 6.78. The largest absolute Gasteiger partial charge is 0.497 e. The van der Waals surface area contributed by atoms with E-state index in [9.17, 15) is 4.79 Å². The fourth-order valence-corrected chi connectivity index (χ4v) is 3.16. The van der Waals surface area contributed by atoms with Crippen molar-refractivity contribution in [3.05, 3.63) is 65.0 Å². The first-order valence-electron chi connectivity index (χ1n) is 9.31. The van der Waals surface area contributed by atoms with Gasteiger partial charge >= 0.3 is 6.03 Å². The summed E-state index contributed by atoms with van der Waals surface area (Å²) in [5.74, 6) is 1.17. The summed E-state index contributed by atoms with van der Waals surface area (Å²) >= 11 is 0. The van der Waals surface area contributed by atoms with Crippen LogP contribution in [-0.4, -0.2) is 30.0 Å². The van der Waals surface area contributed by atoms with Gasteiger partial charge in [0, 0.05) is 6.07 Å². The molecule has 0 aliphatic carbocycles. The molecule has 0 aliphatic rings. The van der Waals surface area contributed by atoms with Crippen molar-refractivity contribution in [1.29, 1.82) is 0 Å². The average molecular weight is 394 g/mol. The number of aromatic nitrogens is 2. The lowest BCUT2D eigenvalue weighted by Crippen LogP contribution is -2.20. The standard InChI is InChI=1S/C22H26N4O3/c1-14-8-6-7-9-17(14)13-26-16(3)21(15(2)25-26)24-22(27)23-19-12-18(28-4)10-11-20(19)29-5/h6-12H,13H2,1-5H3,(H2,23,24,27). The lowest BCUT2D eigenvalue weighted by atomic mass is 10.1. The molecular weight excluding hydrogens is 368 g/mol. The highest BCUT2D eigenvalue weighted by molar-refractivity contribution is 6.01. The number of rotatable bonds is 6. The molecule has 7 nitrogen and oxygen atoms in total. The van der Waals surface area contributed by atoms with E-state index in [0.29, 0.717) is 29.4 Å². The zero-order chi connectivity index (χ0) is 21.0. The fourth-order valence-electron chi connectivity index (χ4n) is 3.16. The number of ether oxygens (including phenoxy) is 2. The molecule has 0 radical (unpaired) electrons. The number of urea groups is 1. The Morgan fingerprint density at radius 3 is 2.48 bits per heavy atom. The van der Waals surface area contributed by atoms with Gasteiger partial charge in [-0.25, -0.2) is 4.79 Å². The molecule has 29 heavy (non-hydrogen) atoms. The van der Waals surface area contributed by atoms with E-state index < -0.39 is 0 Å². The van der Waals surface area contributed by atoms with Crippen LogP contribution < -0.4 is 20.1 Å². The van der Waals surface area contributed by atoms with Gasteiger partial charge < -0.3 is 20.1 Å². The zero-order valence-electron chi connectivity index (χ0n) is 17.4. The van der Waals surface area contributed by atoms with Gasteiger partial charge in [0.2, 0.25) is 0 Å². The summed E-state index contributed by atoms with van der Waals surface area (Å²) in [7, 11) is 3.12. The molecule has 0 aliphatic heterocycles. The van der Waals surface area contributed by atoms with Crippen molar-refractivity contribution in [3.8, 4) is 11.5 Å². The number of carbonyl (C=O) groups excluding carboxylic acids is 1. The Morgan fingerprint density at radius 1 is 1.03 bits per heavy atom. The number of carbonyl (C=O) groups is 1. The smallest absolute Gasteiger partial charge is 0.323 e. The number of hydrogen-bond donors (Lipinski definition) is 2. The summed E-state index contributed by atoms with van der Waals surface area (Å²) < 4.78 is 12.4. The Hall–Kier alpha value is -3.48. The van der Waals surface area contributed by atoms with Crippen LogP contribution in [0, 0.1) is 20.8 Å². The Bertz CT molecular complexity index is 1030. The monoisotopic (exact) mass is 394 g/mol. The minimum Gasteiger partial charge on any atom is -0.497 e. The van der Waals surface area contributed by atoms with Crippen molar-refractivity contribution >= 4 is 17.4 Å². The van der Waals surface area contributed by atoms with Crippen molar-refractivity contribution in [2.75, 3.05) is 24.9 Å². The Morgan fingerprint density at radius 2 is 1.79 bits per heavy atom. The first-order valence-corrected chi connectivity index (χ1v) is 9.31. The van der Waals surface area contributed by atoms with Gasteiger partial charge in [-0.2, -0.15) is 5.10 Å². The summed E-state index contributed by atoms with van der Waals surface area (Å²) in [6.07, 6.45) is 0. The highest BCUT2D eigenvalue weighted by atomic mass is 16.5. The predicted molar refractivity (Wildman–Crippen MR) is 114 cm³/mol. The van der Waals surface area contributed by atoms with Gasteiger partial charge in [-0.05, 0) is 44.0 Å². The SMILES string of the molecule is COc1ccc(OC)c(NC(=O)Nc2c(C)nn(Cc3ccccc3C)c2C)c1. The molecule has 0 spiro atoms. The van der Waals surface area contributed by atoms with E-state index in [4.69, 9.17) is 9.47 Å². The molecule has 7 heteroatoms. The van der Waals surface area contributed by atoms with E-state index in [1.165, 1.54) is 11.1 Å². The van der Waals surface area contributed by atoms with E-state index in [-0.39, 0.29) is 6.03 Å². The first-order chi connectivity index (χ1) is 13.9. The van der Waals surface area contributed by atoms with Crippen LogP contribution in [0.25, 0.3) is 0 Å². The molecule has 2 N–H and O–H groups in total. The maximum absolute atomic E-state index is 12.6. The third-order valence-corrected chi connectivity index (χ3v) is 4.86. The minimum absolute atomic E-state index is 0.377. The summed E-state index contributed by atoms with van der Waals surface area (Å²) in [5, 5.41) is 10.3. The number of methoxy groups -OCH3 is 2. The van der Waals surface area contributed by atoms with E-state index >= 15 is 0 Å². The van der Waals surface area contributed by atoms with Crippen molar-refractivity contribution in [1.82, 2.24) is 9.78 Å². The van der Waals surface area contributed by atoms with Gasteiger partial charge in [0.05, 0.1) is 43.5 Å². The molecule has 3 rings (SSSR count). The predicted octanol–water partition coefficient (Wildman–Crippen LogP) is 4.52. The first kappa shape index (κ1) is 20.3.